The predicted molar refractivity (Wildman–Crippen MR) is 128 cm³/mol. The molecule has 0 aliphatic heterocycles. The van der Waals surface area contributed by atoms with Crippen LogP contribution in [0.1, 0.15) is 49.8 Å². The van der Waals surface area contributed by atoms with Crippen molar-refractivity contribution >= 4 is 11.9 Å². The van der Waals surface area contributed by atoms with Gasteiger partial charge in [-0.15, -0.1) is 0 Å². The molecule has 0 bridgehead atoms. The molecular weight excluding hydrogens is 416 g/mol. The van der Waals surface area contributed by atoms with Crippen molar-refractivity contribution < 1.29 is 24.2 Å². The minimum atomic E-state index is -1.07. The number of benzene rings is 3. The van der Waals surface area contributed by atoms with E-state index >= 15 is 0 Å². The van der Waals surface area contributed by atoms with E-state index < -0.39 is 23.5 Å². The third-order valence-electron chi connectivity index (χ3n) is 5.09. The summed E-state index contributed by atoms with van der Waals surface area (Å²) in [4.78, 5) is 23.8. The molecule has 1 unspecified atom stereocenters. The molecule has 0 amide bonds. The molecule has 172 valence electrons. The van der Waals surface area contributed by atoms with E-state index in [1.807, 2.05) is 12.1 Å². The maximum Gasteiger partial charge on any atom is 0.311 e. The molecule has 0 spiro atoms. The van der Waals surface area contributed by atoms with Crippen molar-refractivity contribution in [3.63, 3.8) is 0 Å². The highest BCUT2D eigenvalue weighted by atomic mass is 16.6. The lowest BCUT2D eigenvalue weighted by molar-refractivity contribution is -0.158. The van der Waals surface area contributed by atoms with Gasteiger partial charge in [0.15, 0.2) is 0 Å². The zero-order valence-corrected chi connectivity index (χ0v) is 19.5. The molecule has 1 N–H and O–H groups in total. The summed E-state index contributed by atoms with van der Waals surface area (Å²) in [5.41, 5.74) is 4.40. The number of esters is 1. The normalized spacial score (nSPS) is 12.1. The van der Waals surface area contributed by atoms with Crippen LogP contribution in [0.25, 0.3) is 11.1 Å². The Bertz CT molecular complexity index is 1090. The van der Waals surface area contributed by atoms with Crippen molar-refractivity contribution in [1.29, 1.82) is 0 Å². The van der Waals surface area contributed by atoms with Gasteiger partial charge in [0.1, 0.15) is 18.0 Å². The topological polar surface area (TPSA) is 72.8 Å². The molecule has 5 heteroatoms. The lowest BCUT2D eigenvalue weighted by Crippen LogP contribution is -2.26. The fourth-order valence-corrected chi connectivity index (χ4v) is 3.45. The fraction of sp³-hybridized carbons (Fsp3) is 0.286. The number of hydrogen-bond acceptors (Lipinski definition) is 4. The molecule has 0 saturated carbocycles. The lowest BCUT2D eigenvalue weighted by atomic mass is 9.95. The summed E-state index contributed by atoms with van der Waals surface area (Å²) < 4.78 is 11.2. The zero-order valence-electron chi connectivity index (χ0n) is 19.5. The highest BCUT2D eigenvalue weighted by molar-refractivity contribution is 5.83. The number of carboxylic acids is 1. The minimum Gasteiger partial charge on any atom is -0.489 e. The fourth-order valence-electron chi connectivity index (χ4n) is 3.45. The Kier molecular flexibility index (Phi) is 7.54. The molecular formula is C28H30O5. The second-order valence-corrected chi connectivity index (χ2v) is 9.11. The number of aliphatic carboxylic acids is 1. The highest BCUT2D eigenvalue weighted by Crippen LogP contribution is 2.26. The van der Waals surface area contributed by atoms with E-state index in [9.17, 15) is 14.7 Å². The standard InChI is InChI=1S/C28H30O5/c1-19-8-10-21(11-9-19)23-7-5-6-20(16-23)18-32-24-14-12-22(13-15-24)25(27(30)31)17-26(29)33-28(2,3)4/h5-16,25H,17-18H2,1-4H3,(H,30,31). The Hall–Kier alpha value is -3.60. The molecule has 3 rings (SSSR count). The summed E-state index contributed by atoms with van der Waals surface area (Å²) in [6.07, 6.45) is -0.224. The van der Waals surface area contributed by atoms with Crippen LogP contribution in [0.5, 0.6) is 5.75 Å². The van der Waals surface area contributed by atoms with Gasteiger partial charge in [0.2, 0.25) is 0 Å². The second-order valence-electron chi connectivity index (χ2n) is 9.11. The van der Waals surface area contributed by atoms with E-state index in [0.717, 1.165) is 16.7 Å². The summed E-state index contributed by atoms with van der Waals surface area (Å²) >= 11 is 0. The van der Waals surface area contributed by atoms with Crippen LogP contribution >= 0.6 is 0 Å². The molecule has 0 fully saturated rings. The molecule has 1 atom stereocenters. The first-order valence-corrected chi connectivity index (χ1v) is 10.9. The maximum absolute atomic E-state index is 12.1. The van der Waals surface area contributed by atoms with Gasteiger partial charge < -0.3 is 14.6 Å². The quantitative estimate of drug-likeness (QED) is 0.421. The van der Waals surface area contributed by atoms with E-state index in [1.54, 1.807) is 45.0 Å². The first-order chi connectivity index (χ1) is 15.6. The summed E-state index contributed by atoms with van der Waals surface area (Å²) in [7, 11) is 0. The van der Waals surface area contributed by atoms with Crippen LogP contribution in [0.2, 0.25) is 0 Å². The molecule has 3 aromatic carbocycles. The zero-order chi connectivity index (χ0) is 24.0. The first kappa shape index (κ1) is 24.1. The number of hydrogen-bond donors (Lipinski definition) is 1. The number of ether oxygens (including phenoxy) is 2. The lowest BCUT2D eigenvalue weighted by Gasteiger charge is -2.21. The van der Waals surface area contributed by atoms with Gasteiger partial charge in [-0.3, -0.25) is 9.59 Å². The molecule has 0 aliphatic carbocycles. The Morgan fingerprint density at radius 2 is 1.58 bits per heavy atom. The van der Waals surface area contributed by atoms with Crippen LogP contribution in [-0.4, -0.2) is 22.6 Å². The Morgan fingerprint density at radius 3 is 2.18 bits per heavy atom. The molecule has 0 saturated heterocycles. The maximum atomic E-state index is 12.1. The van der Waals surface area contributed by atoms with Crippen LogP contribution in [0.15, 0.2) is 72.8 Å². The van der Waals surface area contributed by atoms with E-state index in [4.69, 9.17) is 9.47 Å². The number of aryl methyl sites for hydroxylation is 1. The summed E-state index contributed by atoms with van der Waals surface area (Å²) in [6, 6.07) is 23.4. The molecule has 0 radical (unpaired) electrons. The summed E-state index contributed by atoms with van der Waals surface area (Å²) in [6.45, 7) is 7.71. The van der Waals surface area contributed by atoms with Gasteiger partial charge >= 0.3 is 11.9 Å². The van der Waals surface area contributed by atoms with Crippen LogP contribution < -0.4 is 4.74 Å². The van der Waals surface area contributed by atoms with Gasteiger partial charge in [-0.05, 0) is 68.1 Å². The Balaban J connectivity index is 1.64. The molecule has 0 heterocycles. The van der Waals surface area contributed by atoms with Gasteiger partial charge in [0, 0.05) is 0 Å². The molecule has 0 aromatic heterocycles. The van der Waals surface area contributed by atoms with Crippen molar-refractivity contribution in [2.75, 3.05) is 0 Å². The minimum absolute atomic E-state index is 0.224. The Labute approximate surface area is 195 Å². The van der Waals surface area contributed by atoms with E-state index in [0.29, 0.717) is 17.9 Å². The van der Waals surface area contributed by atoms with Gasteiger partial charge in [-0.1, -0.05) is 60.2 Å². The number of carbonyl (C=O) groups is 2. The van der Waals surface area contributed by atoms with Crippen LogP contribution in [0.3, 0.4) is 0 Å². The summed E-state index contributed by atoms with van der Waals surface area (Å²) in [5, 5.41) is 9.59. The van der Waals surface area contributed by atoms with E-state index in [2.05, 4.69) is 43.3 Å². The summed E-state index contributed by atoms with van der Waals surface area (Å²) in [5.74, 6) is -1.95. The molecule has 0 aliphatic rings. The number of carbonyl (C=O) groups excluding carboxylic acids is 1. The third-order valence-corrected chi connectivity index (χ3v) is 5.09. The monoisotopic (exact) mass is 446 g/mol. The van der Waals surface area contributed by atoms with Gasteiger partial charge in [-0.25, -0.2) is 0 Å². The van der Waals surface area contributed by atoms with Crippen molar-refractivity contribution in [3.05, 3.63) is 89.5 Å². The first-order valence-electron chi connectivity index (χ1n) is 10.9. The average molecular weight is 447 g/mol. The predicted octanol–water partition coefficient (Wildman–Crippen LogP) is 6.14. The van der Waals surface area contributed by atoms with Crippen molar-refractivity contribution in [1.82, 2.24) is 0 Å². The van der Waals surface area contributed by atoms with E-state index in [1.165, 1.54) is 5.56 Å². The van der Waals surface area contributed by atoms with Crippen LogP contribution in [-0.2, 0) is 20.9 Å². The van der Waals surface area contributed by atoms with E-state index in [-0.39, 0.29) is 6.42 Å². The average Bonchev–Trinajstić information content (AvgIpc) is 2.76. The largest absolute Gasteiger partial charge is 0.489 e. The van der Waals surface area contributed by atoms with Crippen LogP contribution in [0.4, 0.5) is 0 Å². The van der Waals surface area contributed by atoms with Crippen molar-refractivity contribution in [3.8, 4) is 16.9 Å². The van der Waals surface area contributed by atoms with Gasteiger partial charge in [-0.2, -0.15) is 0 Å². The van der Waals surface area contributed by atoms with Gasteiger partial charge in [0.25, 0.3) is 0 Å². The molecule has 33 heavy (non-hydrogen) atoms. The third kappa shape index (κ3) is 7.21. The molecule has 3 aromatic rings. The second kappa shape index (κ2) is 10.3. The van der Waals surface area contributed by atoms with Gasteiger partial charge in [0.05, 0.1) is 12.3 Å². The van der Waals surface area contributed by atoms with Crippen molar-refractivity contribution in [2.45, 2.75) is 52.2 Å². The molecule has 5 nitrogen and oxygen atoms in total. The smallest absolute Gasteiger partial charge is 0.311 e. The van der Waals surface area contributed by atoms with Crippen molar-refractivity contribution in [2.24, 2.45) is 0 Å². The highest BCUT2D eigenvalue weighted by Gasteiger charge is 2.26. The van der Waals surface area contributed by atoms with Crippen LogP contribution in [0, 0.1) is 6.92 Å². The number of carboxylic acid groups (broad SMARTS) is 1. The SMILES string of the molecule is Cc1ccc(-c2cccc(COc3ccc(C(CC(=O)OC(C)(C)C)C(=O)O)cc3)c2)cc1. The number of rotatable bonds is 8. The Morgan fingerprint density at radius 1 is 0.909 bits per heavy atom.